The van der Waals surface area contributed by atoms with Gasteiger partial charge in [0.05, 0.1) is 24.0 Å². The molecule has 1 fully saturated rings. The maximum atomic E-state index is 12.8. The fourth-order valence-corrected chi connectivity index (χ4v) is 4.56. The number of nitriles is 1. The van der Waals surface area contributed by atoms with Gasteiger partial charge in [-0.05, 0) is 26.2 Å². The lowest BCUT2D eigenvalue weighted by molar-refractivity contribution is -0.117. The highest BCUT2D eigenvalue weighted by molar-refractivity contribution is 6.13. The number of carbonyl (C=O) groups excluding carboxylic acids is 1. The van der Waals surface area contributed by atoms with Crippen LogP contribution in [-0.4, -0.2) is 47.7 Å². The summed E-state index contributed by atoms with van der Waals surface area (Å²) in [6, 6.07) is 2.32. The zero-order valence-electron chi connectivity index (χ0n) is 18.5. The number of hydrogen-bond acceptors (Lipinski definition) is 8. The first kappa shape index (κ1) is 21.1. The Hall–Kier alpha value is -3.12. The number of ether oxygens (including phenoxy) is 1. The van der Waals surface area contributed by atoms with Crippen molar-refractivity contribution in [3.05, 3.63) is 11.1 Å². The Labute approximate surface area is 182 Å². The van der Waals surface area contributed by atoms with Gasteiger partial charge in [-0.25, -0.2) is 9.97 Å². The number of nitrogens with two attached hydrogens (primary N) is 2. The average Bonchev–Trinajstić information content (AvgIpc) is 3.00. The number of hydrogen-bond donors (Lipinski definition) is 2. The van der Waals surface area contributed by atoms with Crippen LogP contribution in [0.4, 0.5) is 23.3 Å². The number of morpholine rings is 1. The fourth-order valence-electron chi connectivity index (χ4n) is 4.56. The van der Waals surface area contributed by atoms with Crippen LogP contribution in [-0.2, 0) is 16.0 Å². The second-order valence-corrected chi connectivity index (χ2v) is 8.92. The molecule has 1 saturated heterocycles. The molecule has 4 N–H and O–H groups in total. The molecule has 2 aromatic rings. The van der Waals surface area contributed by atoms with Gasteiger partial charge in [-0.2, -0.15) is 5.26 Å². The maximum Gasteiger partial charge on any atom is 0.232 e. The van der Waals surface area contributed by atoms with E-state index in [1.807, 2.05) is 18.7 Å². The molecule has 1 amide bonds. The van der Waals surface area contributed by atoms with E-state index in [4.69, 9.17) is 16.2 Å². The van der Waals surface area contributed by atoms with Gasteiger partial charge < -0.3 is 21.1 Å². The van der Waals surface area contributed by atoms with Gasteiger partial charge in [0.1, 0.15) is 34.9 Å². The van der Waals surface area contributed by atoms with Gasteiger partial charge in [-0.1, -0.05) is 13.8 Å². The van der Waals surface area contributed by atoms with Gasteiger partial charge in [-0.15, -0.1) is 0 Å². The third-order valence-corrected chi connectivity index (χ3v) is 5.91. The predicted molar refractivity (Wildman–Crippen MR) is 121 cm³/mol. The van der Waals surface area contributed by atoms with Crippen molar-refractivity contribution in [2.75, 3.05) is 40.9 Å². The van der Waals surface area contributed by atoms with Gasteiger partial charge in [0, 0.05) is 30.6 Å². The van der Waals surface area contributed by atoms with E-state index < -0.39 is 0 Å². The quantitative estimate of drug-likeness (QED) is 0.764. The van der Waals surface area contributed by atoms with E-state index >= 15 is 0 Å². The summed E-state index contributed by atoms with van der Waals surface area (Å²) in [7, 11) is 0. The van der Waals surface area contributed by atoms with E-state index in [0.29, 0.717) is 59.1 Å². The average molecular weight is 424 g/mol. The molecular formula is C22H29N7O2. The molecule has 0 aromatic carbocycles. The van der Waals surface area contributed by atoms with E-state index in [9.17, 15) is 10.1 Å². The van der Waals surface area contributed by atoms with Crippen molar-refractivity contribution in [3.63, 3.8) is 0 Å². The summed E-state index contributed by atoms with van der Waals surface area (Å²) in [5.74, 6) is 1.86. The van der Waals surface area contributed by atoms with Crippen LogP contribution < -0.4 is 21.3 Å². The first-order valence-corrected chi connectivity index (χ1v) is 10.7. The maximum absolute atomic E-state index is 12.8. The topological polar surface area (TPSA) is 134 Å². The highest BCUT2D eigenvalue weighted by Gasteiger charge is 2.35. The monoisotopic (exact) mass is 423 g/mol. The standard InChI is InChI=1S/C22H29N7O2/c1-11(2)5-6-29-16(30)7-14-17-15(8-23)21(28-9-12(3)31-13(4)10-28)26-19(24)18(17)20(25)27-22(14)29/h11-13H,5-7,9-10H2,1-4H3,(H2,24,26)(H2,25,27)/t12-,13-/m0/s1. The summed E-state index contributed by atoms with van der Waals surface area (Å²) < 4.78 is 5.83. The van der Waals surface area contributed by atoms with E-state index in [1.54, 1.807) is 4.90 Å². The molecule has 0 aliphatic carbocycles. The molecule has 9 heteroatoms. The summed E-state index contributed by atoms with van der Waals surface area (Å²) in [6.45, 7) is 9.96. The third kappa shape index (κ3) is 3.61. The molecule has 2 atom stereocenters. The van der Waals surface area contributed by atoms with Crippen LogP contribution >= 0.6 is 0 Å². The predicted octanol–water partition coefficient (Wildman–Crippen LogP) is 2.21. The van der Waals surface area contributed by atoms with E-state index in [1.165, 1.54) is 0 Å². The van der Waals surface area contributed by atoms with Crippen LogP contribution in [0.1, 0.15) is 45.2 Å². The minimum atomic E-state index is -0.0375. The molecule has 2 aromatic heterocycles. The first-order valence-electron chi connectivity index (χ1n) is 10.7. The summed E-state index contributed by atoms with van der Waals surface area (Å²) in [4.78, 5) is 25.6. The minimum absolute atomic E-state index is 0.00431. The lowest BCUT2D eigenvalue weighted by Crippen LogP contribution is -2.46. The summed E-state index contributed by atoms with van der Waals surface area (Å²) >= 11 is 0. The Morgan fingerprint density at radius 2 is 1.74 bits per heavy atom. The largest absolute Gasteiger partial charge is 0.383 e. The van der Waals surface area contributed by atoms with Gasteiger partial charge >= 0.3 is 0 Å². The molecule has 0 bridgehead atoms. The smallest absolute Gasteiger partial charge is 0.232 e. The molecule has 0 radical (unpaired) electrons. The van der Waals surface area contributed by atoms with Crippen molar-refractivity contribution in [1.29, 1.82) is 5.26 Å². The van der Waals surface area contributed by atoms with Crippen molar-refractivity contribution < 1.29 is 9.53 Å². The van der Waals surface area contributed by atoms with Gasteiger partial charge in [0.2, 0.25) is 5.91 Å². The van der Waals surface area contributed by atoms with Crippen LogP contribution in [0, 0.1) is 17.2 Å². The van der Waals surface area contributed by atoms with Crippen molar-refractivity contribution in [3.8, 4) is 6.07 Å². The van der Waals surface area contributed by atoms with Crippen molar-refractivity contribution in [1.82, 2.24) is 9.97 Å². The van der Waals surface area contributed by atoms with E-state index in [-0.39, 0.29) is 36.2 Å². The number of aromatic nitrogens is 2. The van der Waals surface area contributed by atoms with E-state index in [0.717, 1.165) is 6.42 Å². The number of nitrogens with zero attached hydrogens (tertiary/aromatic N) is 5. The lowest BCUT2D eigenvalue weighted by atomic mass is 10.00. The van der Waals surface area contributed by atoms with Crippen molar-refractivity contribution in [2.24, 2.45) is 5.92 Å². The van der Waals surface area contributed by atoms with Crippen LogP contribution in [0.15, 0.2) is 0 Å². The highest BCUT2D eigenvalue weighted by atomic mass is 16.5. The molecule has 4 rings (SSSR count). The number of amides is 1. The molecule has 9 nitrogen and oxygen atoms in total. The molecule has 31 heavy (non-hydrogen) atoms. The van der Waals surface area contributed by atoms with Gasteiger partial charge in [0.15, 0.2) is 0 Å². The molecule has 0 spiro atoms. The van der Waals surface area contributed by atoms with Crippen LogP contribution in [0.3, 0.4) is 0 Å². The Bertz CT molecular complexity index is 1080. The number of fused-ring (bicyclic) bond motifs is 3. The summed E-state index contributed by atoms with van der Waals surface area (Å²) in [6.07, 6.45) is 1.01. The van der Waals surface area contributed by atoms with Crippen LogP contribution in [0.2, 0.25) is 0 Å². The van der Waals surface area contributed by atoms with Crippen molar-refractivity contribution in [2.45, 2.75) is 52.7 Å². The number of anilines is 4. The Morgan fingerprint density at radius 3 is 2.32 bits per heavy atom. The van der Waals surface area contributed by atoms with Gasteiger partial charge in [-0.3, -0.25) is 9.69 Å². The SMILES string of the molecule is CC(C)CCN1C(=O)Cc2c1nc(N)c1c(N)nc(N3C[C@H](C)O[C@@H](C)C3)c(C#N)c21. The van der Waals surface area contributed by atoms with Crippen LogP contribution in [0.5, 0.6) is 0 Å². The molecule has 0 saturated carbocycles. The molecular weight excluding hydrogens is 394 g/mol. The van der Waals surface area contributed by atoms with Crippen molar-refractivity contribution >= 4 is 40.0 Å². The first-order chi connectivity index (χ1) is 14.7. The number of rotatable bonds is 4. The third-order valence-electron chi connectivity index (χ3n) is 5.91. The zero-order chi connectivity index (χ0) is 22.4. The Balaban J connectivity index is 1.92. The second kappa shape index (κ2) is 7.85. The fraction of sp³-hybridized carbons (Fsp3) is 0.545. The highest BCUT2D eigenvalue weighted by Crippen LogP contribution is 2.42. The van der Waals surface area contributed by atoms with E-state index in [2.05, 4.69) is 29.9 Å². The number of pyridine rings is 2. The molecule has 4 heterocycles. The number of carbonyl (C=O) groups is 1. The summed E-state index contributed by atoms with van der Waals surface area (Å²) in [5, 5.41) is 11.2. The summed E-state index contributed by atoms with van der Waals surface area (Å²) in [5.41, 5.74) is 13.7. The zero-order valence-corrected chi connectivity index (χ0v) is 18.5. The molecule has 164 valence electrons. The molecule has 2 aliphatic heterocycles. The van der Waals surface area contributed by atoms with Crippen LogP contribution in [0.25, 0.3) is 10.8 Å². The van der Waals surface area contributed by atoms with Gasteiger partial charge in [0.25, 0.3) is 0 Å². The number of nitrogen functional groups attached to an aromatic ring is 2. The molecule has 2 aliphatic rings. The normalized spacial score (nSPS) is 21.1. The Morgan fingerprint density at radius 1 is 1.13 bits per heavy atom. The lowest BCUT2D eigenvalue weighted by Gasteiger charge is -2.36. The minimum Gasteiger partial charge on any atom is -0.383 e. The Kier molecular flexibility index (Phi) is 5.35. The molecule has 0 unspecified atom stereocenters. The second-order valence-electron chi connectivity index (χ2n) is 8.92.